The van der Waals surface area contributed by atoms with Crippen LogP contribution in [0.3, 0.4) is 0 Å². The highest BCUT2D eigenvalue weighted by molar-refractivity contribution is 6.29. The van der Waals surface area contributed by atoms with E-state index in [0.29, 0.717) is 30.1 Å². The lowest BCUT2D eigenvalue weighted by atomic mass is 10.2. The van der Waals surface area contributed by atoms with Gasteiger partial charge in [0.15, 0.2) is 0 Å². The molecule has 0 aliphatic rings. The molecule has 98 valence electrons. The zero-order valence-electron chi connectivity index (χ0n) is 10.2. The van der Waals surface area contributed by atoms with Crippen LogP contribution < -0.4 is 11.1 Å². The Labute approximate surface area is 111 Å². The van der Waals surface area contributed by atoms with Crippen molar-refractivity contribution in [3.8, 4) is 0 Å². The number of aromatic nitrogens is 1. The molecule has 0 atom stereocenters. The molecule has 5 nitrogen and oxygen atoms in total. The third-order valence-electron chi connectivity index (χ3n) is 2.36. The van der Waals surface area contributed by atoms with Crippen LogP contribution >= 0.6 is 11.6 Å². The van der Waals surface area contributed by atoms with Gasteiger partial charge in [0.25, 0.3) is 5.91 Å². The summed E-state index contributed by atoms with van der Waals surface area (Å²) < 4.78 is 0. The van der Waals surface area contributed by atoms with Crippen LogP contribution in [0.25, 0.3) is 0 Å². The van der Waals surface area contributed by atoms with E-state index in [4.69, 9.17) is 17.3 Å². The molecule has 1 heterocycles. The summed E-state index contributed by atoms with van der Waals surface area (Å²) in [4.78, 5) is 26.4. The van der Waals surface area contributed by atoms with Crippen LogP contribution in [0.4, 0.5) is 0 Å². The number of nitrogens with zero attached hydrogens (tertiary/aromatic N) is 1. The maximum atomic E-state index is 11.8. The molecule has 0 saturated heterocycles. The monoisotopic (exact) mass is 269 g/mol. The molecule has 2 amide bonds. The largest absolute Gasteiger partial charge is 0.370 e. The topological polar surface area (TPSA) is 85.1 Å². The standard InChI is InChI=1S/C12H16ClN3O2/c1-2-9-6-8(7-10(13)16-9)12(18)15-5-3-4-11(14)17/h6-7H,2-5H2,1H3,(H2,14,17)(H,15,18). The van der Waals surface area contributed by atoms with Crippen molar-refractivity contribution < 1.29 is 9.59 Å². The second-order valence-electron chi connectivity index (χ2n) is 3.85. The first-order valence-corrected chi connectivity index (χ1v) is 6.13. The van der Waals surface area contributed by atoms with Gasteiger partial charge in [0.2, 0.25) is 5.91 Å². The molecular weight excluding hydrogens is 254 g/mol. The predicted octanol–water partition coefficient (Wildman–Crippen LogP) is 1.29. The molecule has 0 spiro atoms. The van der Waals surface area contributed by atoms with Crippen LogP contribution in [-0.4, -0.2) is 23.3 Å². The van der Waals surface area contributed by atoms with Crippen molar-refractivity contribution in [2.24, 2.45) is 5.73 Å². The Morgan fingerprint density at radius 3 is 2.78 bits per heavy atom. The van der Waals surface area contributed by atoms with Crippen molar-refractivity contribution in [2.45, 2.75) is 26.2 Å². The summed E-state index contributed by atoms with van der Waals surface area (Å²) in [6.07, 6.45) is 1.50. The molecule has 0 bridgehead atoms. The second kappa shape index (κ2) is 6.96. The number of pyridine rings is 1. The minimum Gasteiger partial charge on any atom is -0.370 e. The van der Waals surface area contributed by atoms with Gasteiger partial charge in [-0.05, 0) is 25.0 Å². The lowest BCUT2D eigenvalue weighted by molar-refractivity contribution is -0.118. The second-order valence-corrected chi connectivity index (χ2v) is 4.24. The number of halogens is 1. The van der Waals surface area contributed by atoms with Crippen LogP contribution in [0.1, 0.15) is 35.8 Å². The number of hydrogen-bond acceptors (Lipinski definition) is 3. The van der Waals surface area contributed by atoms with Crippen LogP contribution in [-0.2, 0) is 11.2 Å². The lowest BCUT2D eigenvalue weighted by Crippen LogP contribution is -2.25. The first-order valence-electron chi connectivity index (χ1n) is 5.76. The average molecular weight is 270 g/mol. The van der Waals surface area contributed by atoms with Crippen molar-refractivity contribution in [3.63, 3.8) is 0 Å². The normalized spacial score (nSPS) is 10.1. The fourth-order valence-corrected chi connectivity index (χ4v) is 1.66. The van der Waals surface area contributed by atoms with E-state index in [9.17, 15) is 9.59 Å². The van der Waals surface area contributed by atoms with E-state index in [1.54, 1.807) is 6.07 Å². The van der Waals surface area contributed by atoms with Crippen molar-refractivity contribution in [2.75, 3.05) is 6.54 Å². The molecule has 18 heavy (non-hydrogen) atoms. The maximum absolute atomic E-state index is 11.8. The predicted molar refractivity (Wildman–Crippen MR) is 69.4 cm³/mol. The number of nitrogens with one attached hydrogen (secondary N) is 1. The third-order valence-corrected chi connectivity index (χ3v) is 2.55. The van der Waals surface area contributed by atoms with Crippen molar-refractivity contribution in [1.29, 1.82) is 0 Å². The summed E-state index contributed by atoms with van der Waals surface area (Å²) in [5.41, 5.74) is 6.25. The Bertz CT molecular complexity index is 449. The van der Waals surface area contributed by atoms with E-state index in [1.807, 2.05) is 6.92 Å². The molecule has 0 radical (unpaired) electrons. The molecule has 0 fully saturated rings. The summed E-state index contributed by atoms with van der Waals surface area (Å²) in [7, 11) is 0. The van der Waals surface area contributed by atoms with E-state index in [0.717, 1.165) is 5.69 Å². The fraction of sp³-hybridized carbons (Fsp3) is 0.417. The summed E-state index contributed by atoms with van der Waals surface area (Å²) in [6.45, 7) is 2.34. The Hall–Kier alpha value is -1.62. The molecule has 0 aliphatic heterocycles. The molecule has 1 aromatic heterocycles. The Morgan fingerprint density at radius 1 is 1.44 bits per heavy atom. The smallest absolute Gasteiger partial charge is 0.251 e. The molecule has 1 rings (SSSR count). The van der Waals surface area contributed by atoms with Crippen molar-refractivity contribution in [3.05, 3.63) is 28.5 Å². The number of carbonyl (C=O) groups excluding carboxylic acids is 2. The average Bonchev–Trinajstić information content (AvgIpc) is 2.33. The zero-order valence-corrected chi connectivity index (χ0v) is 11.0. The van der Waals surface area contributed by atoms with Crippen LogP contribution in [0.5, 0.6) is 0 Å². The van der Waals surface area contributed by atoms with E-state index >= 15 is 0 Å². The number of aryl methyl sites for hydroxylation is 1. The molecule has 0 saturated carbocycles. The Morgan fingerprint density at radius 2 is 2.17 bits per heavy atom. The van der Waals surface area contributed by atoms with E-state index < -0.39 is 0 Å². The van der Waals surface area contributed by atoms with Crippen molar-refractivity contribution >= 4 is 23.4 Å². The van der Waals surface area contributed by atoms with Gasteiger partial charge in [-0.2, -0.15) is 0 Å². The van der Waals surface area contributed by atoms with Gasteiger partial charge in [0.05, 0.1) is 0 Å². The highest BCUT2D eigenvalue weighted by Gasteiger charge is 2.08. The number of rotatable bonds is 6. The zero-order chi connectivity index (χ0) is 13.5. The van der Waals surface area contributed by atoms with Crippen LogP contribution in [0.15, 0.2) is 12.1 Å². The van der Waals surface area contributed by atoms with Gasteiger partial charge in [0, 0.05) is 24.2 Å². The number of carbonyl (C=O) groups is 2. The first kappa shape index (κ1) is 14.4. The van der Waals surface area contributed by atoms with E-state index in [-0.39, 0.29) is 18.2 Å². The van der Waals surface area contributed by atoms with Crippen molar-refractivity contribution in [1.82, 2.24) is 10.3 Å². The van der Waals surface area contributed by atoms with Gasteiger partial charge in [-0.25, -0.2) is 4.98 Å². The highest BCUT2D eigenvalue weighted by Crippen LogP contribution is 2.11. The summed E-state index contributed by atoms with van der Waals surface area (Å²) in [5.74, 6) is -0.594. The maximum Gasteiger partial charge on any atom is 0.251 e. The molecule has 0 aromatic carbocycles. The minimum atomic E-state index is -0.371. The summed E-state index contributed by atoms with van der Waals surface area (Å²) in [5, 5.41) is 3.00. The van der Waals surface area contributed by atoms with Gasteiger partial charge >= 0.3 is 0 Å². The Balaban J connectivity index is 2.55. The van der Waals surface area contributed by atoms with E-state index in [2.05, 4.69) is 10.3 Å². The quantitative estimate of drug-likeness (QED) is 0.603. The number of hydrogen-bond donors (Lipinski definition) is 2. The highest BCUT2D eigenvalue weighted by atomic mass is 35.5. The lowest BCUT2D eigenvalue weighted by Gasteiger charge is -2.06. The van der Waals surface area contributed by atoms with Crippen LogP contribution in [0, 0.1) is 0 Å². The third kappa shape index (κ3) is 4.71. The fourth-order valence-electron chi connectivity index (χ4n) is 1.43. The van der Waals surface area contributed by atoms with E-state index in [1.165, 1.54) is 6.07 Å². The molecule has 0 unspecified atom stereocenters. The molecule has 0 aliphatic carbocycles. The van der Waals surface area contributed by atoms with Gasteiger partial charge in [-0.15, -0.1) is 0 Å². The van der Waals surface area contributed by atoms with Gasteiger partial charge in [-0.3, -0.25) is 9.59 Å². The molecule has 1 aromatic rings. The number of primary amides is 1. The number of amides is 2. The first-order chi connectivity index (χ1) is 8.52. The van der Waals surface area contributed by atoms with Crippen LogP contribution in [0.2, 0.25) is 5.15 Å². The SMILES string of the molecule is CCc1cc(C(=O)NCCCC(N)=O)cc(Cl)n1. The van der Waals surface area contributed by atoms with Gasteiger partial charge in [0.1, 0.15) is 5.15 Å². The molecular formula is C12H16ClN3O2. The van der Waals surface area contributed by atoms with Gasteiger partial charge < -0.3 is 11.1 Å². The summed E-state index contributed by atoms with van der Waals surface area (Å²) in [6, 6.07) is 3.22. The molecule has 6 heteroatoms. The summed E-state index contributed by atoms with van der Waals surface area (Å²) >= 11 is 5.82. The Kier molecular flexibility index (Phi) is 5.58. The number of nitrogens with two attached hydrogens (primary N) is 1. The van der Waals surface area contributed by atoms with Gasteiger partial charge in [-0.1, -0.05) is 18.5 Å². The minimum absolute atomic E-state index is 0.224. The molecule has 3 N–H and O–H groups in total.